The predicted octanol–water partition coefficient (Wildman–Crippen LogP) is 5.29. The number of nitrogens with one attached hydrogen (secondary N) is 1. The Kier molecular flexibility index (Phi) is 6.65. The van der Waals surface area contributed by atoms with E-state index in [1.165, 1.54) is 20.0 Å². The van der Waals surface area contributed by atoms with Crippen molar-refractivity contribution >= 4 is 68.4 Å². The maximum atomic E-state index is 13.3. The maximum absolute atomic E-state index is 13.3. The zero-order valence-electron chi connectivity index (χ0n) is 18.8. The van der Waals surface area contributed by atoms with Gasteiger partial charge in [-0.25, -0.2) is 13.2 Å². The van der Waals surface area contributed by atoms with Crippen LogP contribution in [0.25, 0.3) is 28.5 Å². The molecule has 0 spiro atoms. The first-order valence-corrected chi connectivity index (χ1v) is 13.2. The zero-order chi connectivity index (χ0) is 25.7. The van der Waals surface area contributed by atoms with Gasteiger partial charge in [-0.15, -0.1) is 4.59 Å². The van der Waals surface area contributed by atoms with Gasteiger partial charge in [0.1, 0.15) is 12.6 Å². The minimum absolute atomic E-state index is 0.0872. The average molecular weight is 552 g/mol. The van der Waals surface area contributed by atoms with Gasteiger partial charge in [-0.05, 0) is 59.8 Å². The summed E-state index contributed by atoms with van der Waals surface area (Å²) in [5, 5.41) is 1.28. The van der Waals surface area contributed by atoms with Gasteiger partial charge in [0.25, 0.3) is 15.8 Å². The number of fused-ring (bicyclic) bond motifs is 1. The molecule has 2 heterocycles. The van der Waals surface area contributed by atoms with Crippen LogP contribution in [0.2, 0.25) is 15.1 Å². The lowest BCUT2D eigenvalue weighted by Crippen LogP contribution is -2.64. The quantitative estimate of drug-likeness (QED) is 0.344. The highest BCUT2D eigenvalue weighted by Gasteiger charge is 2.48. The van der Waals surface area contributed by atoms with Crippen LogP contribution in [0.15, 0.2) is 54.1 Å². The van der Waals surface area contributed by atoms with Crippen LogP contribution in [0.5, 0.6) is 0 Å². The summed E-state index contributed by atoms with van der Waals surface area (Å²) in [4.78, 5) is 32.7. The number of quaternary nitrogens is 1. The van der Waals surface area contributed by atoms with Crippen molar-refractivity contribution in [3.8, 4) is 22.4 Å². The summed E-state index contributed by atoms with van der Waals surface area (Å²) in [6, 6.07) is 13.7. The molecule has 0 saturated heterocycles. The number of benzene rings is 2. The fourth-order valence-electron chi connectivity index (χ4n) is 3.94. The molecule has 1 unspecified atom stereocenters. The summed E-state index contributed by atoms with van der Waals surface area (Å²) in [5.74, 6) is -1.17. The summed E-state index contributed by atoms with van der Waals surface area (Å²) in [5.41, 5.74) is 2.52. The normalized spacial score (nSPS) is 17.7. The molecule has 0 aliphatic carbocycles. The number of hydrogen-bond acceptors (Lipinski definition) is 5. The Bertz CT molecular complexity index is 1540. The molecular weight excluding hydrogens is 533 g/mol. The molecule has 2 aromatic carbocycles. The molecule has 1 atom stereocenters. The van der Waals surface area contributed by atoms with E-state index in [4.69, 9.17) is 39.8 Å². The van der Waals surface area contributed by atoms with Crippen molar-refractivity contribution in [2.75, 3.05) is 13.3 Å². The molecule has 1 aliphatic rings. The van der Waals surface area contributed by atoms with Crippen LogP contribution in [0.3, 0.4) is 0 Å². The number of ketones is 1. The molecule has 0 bridgehead atoms. The number of sulfonamides is 1. The van der Waals surface area contributed by atoms with Gasteiger partial charge in [-0.1, -0.05) is 46.9 Å². The van der Waals surface area contributed by atoms with Crippen molar-refractivity contribution in [3.63, 3.8) is 0 Å². The number of pyridine rings is 1. The van der Waals surface area contributed by atoms with Crippen LogP contribution in [0, 0.1) is 0 Å². The highest BCUT2D eigenvalue weighted by atomic mass is 35.5. The minimum atomic E-state index is -3.90. The predicted molar refractivity (Wildman–Crippen MR) is 140 cm³/mol. The highest BCUT2D eigenvalue weighted by molar-refractivity contribution is 7.88. The van der Waals surface area contributed by atoms with Crippen molar-refractivity contribution in [2.45, 2.75) is 6.92 Å². The number of rotatable bonds is 5. The second-order valence-electron chi connectivity index (χ2n) is 8.22. The van der Waals surface area contributed by atoms with E-state index in [2.05, 4.69) is 4.83 Å². The van der Waals surface area contributed by atoms with Crippen LogP contribution in [-0.4, -0.2) is 38.4 Å². The van der Waals surface area contributed by atoms with Gasteiger partial charge in [-0.2, -0.15) is 4.98 Å². The molecule has 4 rings (SSSR count). The smallest absolute Gasteiger partial charge is 0.294 e. The van der Waals surface area contributed by atoms with Gasteiger partial charge < -0.3 is 0 Å². The number of amides is 1. The second kappa shape index (κ2) is 9.13. The molecule has 3 aromatic rings. The monoisotopic (exact) mass is 550 g/mol. The number of hydrogen-bond donors (Lipinski definition) is 1. The Labute approximate surface area is 217 Å². The summed E-state index contributed by atoms with van der Waals surface area (Å²) < 4.78 is 23.5. The summed E-state index contributed by atoms with van der Waals surface area (Å²) in [7, 11) is -2.57. The number of aromatic nitrogens is 1. The molecule has 7 nitrogen and oxygen atoms in total. The summed E-state index contributed by atoms with van der Waals surface area (Å²) >= 11 is 18.7. The van der Waals surface area contributed by atoms with Crippen molar-refractivity contribution < 1.29 is 18.0 Å². The van der Waals surface area contributed by atoms with E-state index in [-0.39, 0.29) is 11.4 Å². The van der Waals surface area contributed by atoms with Crippen molar-refractivity contribution in [1.29, 1.82) is 0 Å². The standard InChI is InChI=1S/C24H19Cl3N3O4S/c1-13(31)19-10-15-11-20(14-4-6-16(25)7-5-14)22(18-9-8-17(26)12-21(18)27)28-23(15)30(2,24(19)32)29-35(3,33)34/h4-12,29H,1-3H3/q+1. The van der Waals surface area contributed by atoms with Crippen molar-refractivity contribution in [2.24, 2.45) is 0 Å². The van der Waals surface area contributed by atoms with Crippen LogP contribution in [-0.2, 0) is 19.6 Å². The third-order valence-electron chi connectivity index (χ3n) is 5.46. The van der Waals surface area contributed by atoms with Crippen LogP contribution < -0.4 is 9.42 Å². The van der Waals surface area contributed by atoms with Crippen LogP contribution >= 0.6 is 34.8 Å². The SMILES string of the molecule is CC(=O)C1=Cc2cc(-c3ccc(Cl)cc3)c(-c3ccc(Cl)cc3Cl)nc2[N+](C)(NS(C)(=O)=O)C1=O. The summed E-state index contributed by atoms with van der Waals surface area (Å²) in [6.45, 7) is 1.24. The molecule has 180 valence electrons. The molecule has 1 aromatic heterocycles. The number of nitrogens with zero attached hydrogens (tertiary/aromatic N) is 2. The molecule has 0 fully saturated rings. The van der Waals surface area contributed by atoms with E-state index in [9.17, 15) is 18.0 Å². The number of Topliss-reactive ketones (excluding diaryl/α,β-unsaturated/α-hetero) is 1. The van der Waals surface area contributed by atoms with Gasteiger partial charge >= 0.3 is 5.91 Å². The Hall–Kier alpha value is -2.59. The number of likely N-dealkylation sites (N-methyl/N-ethyl adjacent to an activating group) is 1. The van der Waals surface area contributed by atoms with Crippen LogP contribution in [0.4, 0.5) is 5.82 Å². The molecular formula is C24H19Cl3N3O4S+. The summed E-state index contributed by atoms with van der Waals surface area (Å²) in [6.07, 6.45) is 2.35. The van der Waals surface area contributed by atoms with Crippen LogP contribution in [0.1, 0.15) is 12.5 Å². The minimum Gasteiger partial charge on any atom is -0.294 e. The highest BCUT2D eigenvalue weighted by Crippen LogP contribution is 2.42. The maximum Gasteiger partial charge on any atom is 0.375 e. The lowest BCUT2D eigenvalue weighted by molar-refractivity contribution is -0.129. The Morgan fingerprint density at radius 3 is 2.17 bits per heavy atom. The Balaban J connectivity index is 2.11. The van der Waals surface area contributed by atoms with Gasteiger partial charge in [0.05, 0.1) is 22.5 Å². The molecule has 0 radical (unpaired) electrons. The van der Waals surface area contributed by atoms with Gasteiger partial charge in [-0.3, -0.25) is 4.79 Å². The first-order valence-electron chi connectivity index (χ1n) is 10.2. The molecule has 1 amide bonds. The third-order valence-corrected chi connectivity index (χ3v) is 6.96. The number of halogens is 3. The molecule has 1 N–H and O–H groups in total. The van der Waals surface area contributed by atoms with E-state index in [0.717, 1.165) is 11.8 Å². The van der Waals surface area contributed by atoms with Gasteiger partial charge in [0, 0.05) is 21.2 Å². The van der Waals surface area contributed by atoms with E-state index >= 15 is 0 Å². The van der Waals surface area contributed by atoms with E-state index < -0.39 is 26.3 Å². The molecule has 1 aliphatic heterocycles. The first kappa shape index (κ1) is 25.5. The second-order valence-corrected chi connectivity index (χ2v) is 11.2. The lowest BCUT2D eigenvalue weighted by atomic mass is 9.94. The topological polar surface area (TPSA) is 93.2 Å². The lowest BCUT2D eigenvalue weighted by Gasteiger charge is -2.33. The van der Waals surface area contributed by atoms with E-state index in [1.807, 2.05) is 0 Å². The van der Waals surface area contributed by atoms with E-state index in [1.54, 1.807) is 48.5 Å². The first-order chi connectivity index (χ1) is 16.3. The third kappa shape index (κ3) is 4.91. The van der Waals surface area contributed by atoms with Crippen molar-refractivity contribution in [3.05, 3.63) is 74.7 Å². The number of carbonyl (C=O) groups excluding carboxylic acids is 2. The van der Waals surface area contributed by atoms with Gasteiger partial charge in [0.2, 0.25) is 0 Å². The van der Waals surface area contributed by atoms with Gasteiger partial charge in [0.15, 0.2) is 5.78 Å². The molecule has 35 heavy (non-hydrogen) atoms. The average Bonchev–Trinajstić information content (AvgIpc) is 2.75. The molecule has 11 heteroatoms. The van der Waals surface area contributed by atoms with E-state index in [0.29, 0.717) is 37.5 Å². The zero-order valence-corrected chi connectivity index (χ0v) is 21.8. The van der Waals surface area contributed by atoms with Crippen molar-refractivity contribution in [1.82, 2.24) is 14.4 Å². The Morgan fingerprint density at radius 1 is 0.971 bits per heavy atom. The number of carbonyl (C=O) groups is 2. The fraction of sp³-hybridized carbons (Fsp3) is 0.125. The largest absolute Gasteiger partial charge is 0.375 e. The Morgan fingerprint density at radius 2 is 1.60 bits per heavy atom. The fourth-order valence-corrected chi connectivity index (χ4v) is 5.40. The molecule has 0 saturated carbocycles.